The van der Waals surface area contributed by atoms with Crippen molar-refractivity contribution in [2.24, 2.45) is 17.6 Å². The van der Waals surface area contributed by atoms with Crippen LogP contribution in [0, 0.1) is 11.8 Å². The van der Waals surface area contributed by atoms with Crippen molar-refractivity contribution >= 4 is 11.8 Å². The second-order valence-electron chi connectivity index (χ2n) is 7.43. The minimum atomic E-state index is -0.294. The van der Waals surface area contributed by atoms with Crippen LogP contribution in [0.25, 0.3) is 0 Å². The summed E-state index contributed by atoms with van der Waals surface area (Å²) < 4.78 is 5.79. The van der Waals surface area contributed by atoms with Crippen molar-refractivity contribution in [3.05, 3.63) is 0 Å². The Morgan fingerprint density at radius 1 is 1.13 bits per heavy atom. The Kier molecular flexibility index (Phi) is 6.03. The summed E-state index contributed by atoms with van der Waals surface area (Å²) in [6.07, 6.45) is 1.90. The first-order valence-corrected chi connectivity index (χ1v) is 8.77. The van der Waals surface area contributed by atoms with Gasteiger partial charge >= 0.3 is 0 Å². The fourth-order valence-corrected chi connectivity index (χ4v) is 3.90. The molecule has 132 valence electrons. The number of hydrogen-bond donors (Lipinski definition) is 1. The van der Waals surface area contributed by atoms with E-state index in [2.05, 4.69) is 32.6 Å². The van der Waals surface area contributed by atoms with Crippen LogP contribution in [0.4, 0.5) is 0 Å². The lowest BCUT2D eigenvalue weighted by Crippen LogP contribution is -2.59. The standard InChI is InChI=1S/C17H31N3O3/c1-11(2)15(20-8-12(3)23-13(4)9-20)17(22)19-7-5-6-14(10-19)16(18)21/h11-15H,5-10H2,1-4H3,(H2,18,21)/t12-,13+,14-,15+/m1/s1. The van der Waals surface area contributed by atoms with Gasteiger partial charge in [-0.3, -0.25) is 14.5 Å². The van der Waals surface area contributed by atoms with Gasteiger partial charge in [-0.2, -0.15) is 0 Å². The third-order valence-corrected chi connectivity index (χ3v) is 4.86. The van der Waals surface area contributed by atoms with Crippen LogP contribution in [-0.2, 0) is 14.3 Å². The summed E-state index contributed by atoms with van der Waals surface area (Å²) in [7, 11) is 0. The quantitative estimate of drug-likeness (QED) is 0.831. The Morgan fingerprint density at radius 3 is 2.26 bits per heavy atom. The van der Waals surface area contributed by atoms with E-state index < -0.39 is 0 Å². The molecule has 2 heterocycles. The number of nitrogens with two attached hydrogens (primary N) is 1. The zero-order valence-corrected chi connectivity index (χ0v) is 14.8. The average Bonchev–Trinajstić information content (AvgIpc) is 2.46. The van der Waals surface area contributed by atoms with Crippen molar-refractivity contribution in [3.63, 3.8) is 0 Å². The lowest BCUT2D eigenvalue weighted by molar-refractivity contribution is -0.147. The smallest absolute Gasteiger partial charge is 0.240 e. The Morgan fingerprint density at radius 2 is 1.74 bits per heavy atom. The zero-order chi connectivity index (χ0) is 17.1. The van der Waals surface area contributed by atoms with Gasteiger partial charge in [0.05, 0.1) is 24.2 Å². The maximum Gasteiger partial charge on any atom is 0.240 e. The van der Waals surface area contributed by atoms with Gasteiger partial charge in [0.25, 0.3) is 0 Å². The number of hydrogen-bond acceptors (Lipinski definition) is 4. The highest BCUT2D eigenvalue weighted by molar-refractivity contribution is 5.84. The van der Waals surface area contributed by atoms with Gasteiger partial charge in [0.2, 0.25) is 11.8 Å². The van der Waals surface area contributed by atoms with Gasteiger partial charge in [0, 0.05) is 26.2 Å². The van der Waals surface area contributed by atoms with Gasteiger partial charge in [0.1, 0.15) is 0 Å². The molecule has 2 N–H and O–H groups in total. The Bertz CT molecular complexity index is 431. The first-order valence-electron chi connectivity index (χ1n) is 8.77. The number of nitrogens with zero attached hydrogens (tertiary/aromatic N) is 2. The van der Waals surface area contributed by atoms with Gasteiger partial charge < -0.3 is 15.4 Å². The molecule has 4 atom stereocenters. The first-order chi connectivity index (χ1) is 10.8. The van der Waals surface area contributed by atoms with Crippen molar-refractivity contribution in [2.45, 2.75) is 58.8 Å². The monoisotopic (exact) mass is 325 g/mol. The molecule has 0 saturated carbocycles. The molecule has 0 unspecified atom stereocenters. The third-order valence-electron chi connectivity index (χ3n) is 4.86. The number of amides is 2. The maximum absolute atomic E-state index is 13.1. The van der Waals surface area contributed by atoms with Crippen molar-refractivity contribution in [3.8, 4) is 0 Å². The predicted octanol–water partition coefficient (Wildman–Crippen LogP) is 0.844. The molecule has 2 amide bonds. The number of primary amides is 1. The number of ether oxygens (including phenoxy) is 1. The second kappa shape index (κ2) is 7.62. The topological polar surface area (TPSA) is 75.9 Å². The van der Waals surface area contributed by atoms with Gasteiger partial charge in [-0.05, 0) is 32.6 Å². The minimum Gasteiger partial charge on any atom is -0.373 e. The Hall–Kier alpha value is -1.14. The lowest BCUT2D eigenvalue weighted by atomic mass is 9.94. The highest BCUT2D eigenvalue weighted by Gasteiger charge is 2.38. The molecule has 2 saturated heterocycles. The van der Waals surface area contributed by atoms with Crippen LogP contribution >= 0.6 is 0 Å². The molecule has 0 aromatic carbocycles. The van der Waals surface area contributed by atoms with Crippen LogP contribution < -0.4 is 5.73 Å². The molecule has 6 heteroatoms. The predicted molar refractivity (Wildman–Crippen MR) is 88.7 cm³/mol. The molecule has 23 heavy (non-hydrogen) atoms. The molecule has 2 aliphatic rings. The third kappa shape index (κ3) is 4.44. The number of likely N-dealkylation sites (tertiary alicyclic amines) is 1. The maximum atomic E-state index is 13.1. The minimum absolute atomic E-state index is 0.132. The molecule has 2 fully saturated rings. The molecular weight excluding hydrogens is 294 g/mol. The SMILES string of the molecule is CC(C)[C@@H](C(=O)N1CCC[C@@H](C(N)=O)C1)N1C[C@@H](C)O[C@@H](C)C1. The van der Waals surface area contributed by atoms with Gasteiger partial charge in [0.15, 0.2) is 0 Å². The highest BCUT2D eigenvalue weighted by atomic mass is 16.5. The fraction of sp³-hybridized carbons (Fsp3) is 0.882. The number of carbonyl (C=O) groups is 2. The van der Waals surface area contributed by atoms with Crippen LogP contribution in [0.1, 0.15) is 40.5 Å². The average molecular weight is 325 g/mol. The van der Waals surface area contributed by atoms with Crippen LogP contribution in [0.15, 0.2) is 0 Å². The summed E-state index contributed by atoms with van der Waals surface area (Å²) in [5, 5.41) is 0. The van der Waals surface area contributed by atoms with Crippen LogP contribution in [0.5, 0.6) is 0 Å². The van der Waals surface area contributed by atoms with Crippen LogP contribution in [-0.4, -0.2) is 66.0 Å². The van der Waals surface area contributed by atoms with Gasteiger partial charge in [-0.1, -0.05) is 13.8 Å². The van der Waals surface area contributed by atoms with E-state index in [4.69, 9.17) is 10.5 Å². The van der Waals surface area contributed by atoms with Crippen molar-refractivity contribution < 1.29 is 14.3 Å². The largest absolute Gasteiger partial charge is 0.373 e. The first kappa shape index (κ1) is 18.2. The number of piperidine rings is 1. The lowest BCUT2D eigenvalue weighted by Gasteiger charge is -2.43. The molecule has 0 aliphatic carbocycles. The van der Waals surface area contributed by atoms with Crippen molar-refractivity contribution in [2.75, 3.05) is 26.2 Å². The summed E-state index contributed by atoms with van der Waals surface area (Å²) in [5.74, 6) is -0.151. The number of rotatable bonds is 4. The van der Waals surface area contributed by atoms with E-state index in [9.17, 15) is 9.59 Å². The summed E-state index contributed by atoms with van der Waals surface area (Å²) in [4.78, 5) is 28.7. The van der Waals surface area contributed by atoms with Crippen molar-refractivity contribution in [1.82, 2.24) is 9.80 Å². The van der Waals surface area contributed by atoms with E-state index in [0.717, 1.165) is 32.5 Å². The molecule has 0 aromatic heterocycles. The molecule has 0 bridgehead atoms. The molecular formula is C17H31N3O3. The summed E-state index contributed by atoms with van der Waals surface area (Å²) in [5.41, 5.74) is 5.44. The molecule has 6 nitrogen and oxygen atoms in total. The van der Waals surface area contributed by atoms with E-state index in [1.807, 2.05) is 4.90 Å². The summed E-state index contributed by atoms with van der Waals surface area (Å²) in [6.45, 7) is 11.0. The van der Waals surface area contributed by atoms with E-state index >= 15 is 0 Å². The Labute approximate surface area is 139 Å². The zero-order valence-electron chi connectivity index (χ0n) is 14.8. The van der Waals surface area contributed by atoms with Gasteiger partial charge in [-0.15, -0.1) is 0 Å². The normalized spacial score (nSPS) is 31.2. The number of carbonyl (C=O) groups excluding carboxylic acids is 2. The van der Waals surface area contributed by atoms with E-state index in [1.54, 1.807) is 0 Å². The fourth-order valence-electron chi connectivity index (χ4n) is 3.90. The number of morpholine rings is 1. The Balaban J connectivity index is 2.10. The molecule has 0 spiro atoms. The van der Waals surface area contributed by atoms with Crippen LogP contribution in [0.3, 0.4) is 0 Å². The molecule has 2 rings (SSSR count). The molecule has 0 radical (unpaired) electrons. The van der Waals surface area contributed by atoms with Crippen LogP contribution in [0.2, 0.25) is 0 Å². The van der Waals surface area contributed by atoms with E-state index in [1.165, 1.54) is 0 Å². The molecule has 2 aliphatic heterocycles. The van der Waals surface area contributed by atoms with E-state index in [-0.39, 0.29) is 41.9 Å². The summed E-state index contributed by atoms with van der Waals surface area (Å²) >= 11 is 0. The second-order valence-corrected chi connectivity index (χ2v) is 7.43. The van der Waals surface area contributed by atoms with Gasteiger partial charge in [-0.25, -0.2) is 0 Å². The van der Waals surface area contributed by atoms with E-state index in [0.29, 0.717) is 6.54 Å². The highest BCUT2D eigenvalue weighted by Crippen LogP contribution is 2.23. The van der Waals surface area contributed by atoms with Crippen molar-refractivity contribution in [1.29, 1.82) is 0 Å². The molecule has 0 aromatic rings. The summed E-state index contributed by atoms with van der Waals surface area (Å²) in [6, 6.07) is -0.157.